The number of hydrogen-bond donors (Lipinski definition) is 0. The zero-order valence-corrected chi connectivity index (χ0v) is 13.4. The molecule has 1 heterocycles. The third kappa shape index (κ3) is 3.30. The van der Waals surface area contributed by atoms with E-state index in [1.807, 2.05) is 12.1 Å². The van der Waals surface area contributed by atoms with Crippen LogP contribution in [0.3, 0.4) is 0 Å². The number of benzene rings is 1. The largest absolute Gasteiger partial charge is 0.441 e. The molecule has 0 radical (unpaired) electrons. The van der Waals surface area contributed by atoms with Gasteiger partial charge in [-0.25, -0.2) is 4.79 Å². The number of amides is 1. The molecule has 23 heavy (non-hydrogen) atoms. The minimum Gasteiger partial charge on any atom is -0.441 e. The molecule has 0 aromatic heterocycles. The fourth-order valence-corrected chi connectivity index (χ4v) is 2.97. The third-order valence-electron chi connectivity index (χ3n) is 4.04. The molecular weight excluding hydrogens is 320 g/mol. The fourth-order valence-electron chi connectivity index (χ4n) is 2.57. The Labute approximate surface area is 134 Å². The van der Waals surface area contributed by atoms with Gasteiger partial charge in [-0.05, 0) is 30.5 Å². The molecule has 1 aromatic carbocycles. The van der Waals surface area contributed by atoms with E-state index in [4.69, 9.17) is 4.74 Å². The third-order valence-corrected chi connectivity index (χ3v) is 4.60. The van der Waals surface area contributed by atoms with Crippen LogP contribution in [0.15, 0.2) is 24.3 Å². The van der Waals surface area contributed by atoms with Crippen molar-refractivity contribution in [1.82, 2.24) is 0 Å². The van der Waals surface area contributed by atoms with Crippen molar-refractivity contribution in [3.05, 3.63) is 29.8 Å². The van der Waals surface area contributed by atoms with E-state index >= 15 is 0 Å². The Morgan fingerprint density at radius 2 is 2.04 bits per heavy atom. The summed E-state index contributed by atoms with van der Waals surface area (Å²) in [5.41, 5.74) is 1.23. The van der Waals surface area contributed by atoms with Crippen molar-refractivity contribution in [3.63, 3.8) is 0 Å². The average molecular weight is 336 g/mol. The normalized spacial score (nSPS) is 22.5. The van der Waals surface area contributed by atoms with Crippen LogP contribution < -0.4 is 4.90 Å². The van der Waals surface area contributed by atoms with Crippen LogP contribution in [0.1, 0.15) is 18.4 Å². The lowest BCUT2D eigenvalue weighted by Gasteiger charge is -2.14. The number of hydrogen-bond acceptors (Lipinski definition) is 6. The van der Waals surface area contributed by atoms with Gasteiger partial charge >= 0.3 is 6.09 Å². The van der Waals surface area contributed by atoms with Crippen LogP contribution in [-0.2, 0) is 24.5 Å². The van der Waals surface area contributed by atoms with Crippen molar-refractivity contribution in [2.24, 2.45) is 0 Å². The Kier molecular flexibility index (Phi) is 3.78. The molecule has 1 saturated heterocycles. The molecule has 0 N–H and O–H groups in total. The summed E-state index contributed by atoms with van der Waals surface area (Å²) in [4.78, 5) is 13.3. The monoisotopic (exact) mass is 336 g/mol. The standard InChI is InChI=1S/C15H16N2O5S/c1-23(19,20)21-9-13-8-17(14(18)22-13)12-4-2-11(3-5-12)15(10-16)6-7-15/h2-5,13H,6-9H2,1H3/t13-/m1/s1. The minimum absolute atomic E-state index is 0.198. The van der Waals surface area contributed by atoms with E-state index < -0.39 is 22.3 Å². The molecule has 7 nitrogen and oxygen atoms in total. The summed E-state index contributed by atoms with van der Waals surface area (Å²) in [6.45, 7) is 0.0216. The van der Waals surface area contributed by atoms with Gasteiger partial charge in [0, 0.05) is 5.69 Å². The van der Waals surface area contributed by atoms with E-state index in [1.165, 1.54) is 4.90 Å². The van der Waals surface area contributed by atoms with Crippen molar-refractivity contribution < 1.29 is 22.1 Å². The number of carbonyl (C=O) groups excluding carboxylic acids is 1. The molecule has 0 spiro atoms. The molecule has 8 heteroatoms. The zero-order chi connectivity index (χ0) is 16.7. The van der Waals surface area contributed by atoms with Crippen LogP contribution >= 0.6 is 0 Å². The topological polar surface area (TPSA) is 96.7 Å². The molecule has 122 valence electrons. The van der Waals surface area contributed by atoms with Gasteiger partial charge in [-0.3, -0.25) is 9.08 Å². The summed E-state index contributed by atoms with van der Waals surface area (Å²) in [6, 6.07) is 9.56. The smallest absolute Gasteiger partial charge is 0.414 e. The van der Waals surface area contributed by atoms with Crippen LogP contribution in [-0.4, -0.2) is 40.0 Å². The molecule has 1 atom stereocenters. The van der Waals surface area contributed by atoms with Gasteiger partial charge in [0.15, 0.2) is 0 Å². The lowest BCUT2D eigenvalue weighted by molar-refractivity contribution is 0.107. The Morgan fingerprint density at radius 3 is 2.57 bits per heavy atom. The Morgan fingerprint density at radius 1 is 1.39 bits per heavy atom. The maximum atomic E-state index is 11.9. The van der Waals surface area contributed by atoms with Crippen molar-refractivity contribution in [3.8, 4) is 6.07 Å². The van der Waals surface area contributed by atoms with Crippen molar-refractivity contribution >= 4 is 21.9 Å². The fraction of sp³-hybridized carbons (Fsp3) is 0.467. The highest BCUT2D eigenvalue weighted by Gasteiger charge is 2.45. The molecule has 3 rings (SSSR count). The first-order valence-electron chi connectivity index (χ1n) is 7.17. The summed E-state index contributed by atoms with van der Waals surface area (Å²) >= 11 is 0. The van der Waals surface area contributed by atoms with Crippen LogP contribution in [0.4, 0.5) is 10.5 Å². The predicted molar refractivity (Wildman–Crippen MR) is 81.4 cm³/mol. The predicted octanol–water partition coefficient (Wildman–Crippen LogP) is 1.54. The SMILES string of the molecule is CS(=O)(=O)OC[C@H]1CN(c2ccc(C3(C#N)CC3)cc2)C(=O)O1. The Hall–Kier alpha value is -2.11. The first kappa shape index (κ1) is 15.8. The highest BCUT2D eigenvalue weighted by Crippen LogP contribution is 2.47. The van der Waals surface area contributed by atoms with Crippen LogP contribution in [0.25, 0.3) is 0 Å². The van der Waals surface area contributed by atoms with Crippen molar-refractivity contribution in [2.75, 3.05) is 24.3 Å². The Bertz CT molecular complexity index is 762. The van der Waals surface area contributed by atoms with Gasteiger partial charge in [-0.2, -0.15) is 13.7 Å². The highest BCUT2D eigenvalue weighted by molar-refractivity contribution is 7.85. The van der Waals surface area contributed by atoms with E-state index in [0.717, 1.165) is 24.7 Å². The van der Waals surface area contributed by atoms with E-state index in [1.54, 1.807) is 12.1 Å². The summed E-state index contributed by atoms with van der Waals surface area (Å²) in [7, 11) is -3.57. The first-order chi connectivity index (χ1) is 10.8. The molecule has 1 aliphatic carbocycles. The van der Waals surface area contributed by atoms with E-state index in [0.29, 0.717) is 5.69 Å². The van der Waals surface area contributed by atoms with E-state index in [2.05, 4.69) is 10.3 Å². The molecule has 2 aliphatic rings. The molecular formula is C15H16N2O5S. The molecule has 0 unspecified atom stereocenters. The average Bonchev–Trinajstić information content (AvgIpc) is 3.22. The quantitative estimate of drug-likeness (QED) is 0.757. The summed E-state index contributed by atoms with van der Waals surface area (Å²) in [5.74, 6) is 0. The maximum absolute atomic E-state index is 11.9. The maximum Gasteiger partial charge on any atom is 0.414 e. The number of cyclic esters (lactones) is 1. The van der Waals surface area contributed by atoms with Crippen LogP contribution in [0.5, 0.6) is 0 Å². The van der Waals surface area contributed by atoms with Gasteiger partial charge in [0.1, 0.15) is 12.7 Å². The second-order valence-electron chi connectivity index (χ2n) is 5.85. The molecule has 1 amide bonds. The molecule has 2 fully saturated rings. The van der Waals surface area contributed by atoms with Gasteiger partial charge in [-0.1, -0.05) is 12.1 Å². The van der Waals surface area contributed by atoms with E-state index in [9.17, 15) is 18.5 Å². The minimum atomic E-state index is -3.57. The van der Waals surface area contributed by atoms with Gasteiger partial charge in [0.2, 0.25) is 0 Å². The second-order valence-corrected chi connectivity index (χ2v) is 7.49. The summed E-state index contributed by atoms with van der Waals surface area (Å²) < 4.78 is 31.7. The number of nitrogens with zero attached hydrogens (tertiary/aromatic N) is 2. The second kappa shape index (κ2) is 5.51. The lowest BCUT2D eigenvalue weighted by Crippen LogP contribution is -2.26. The van der Waals surface area contributed by atoms with Gasteiger partial charge in [0.05, 0.1) is 24.3 Å². The molecule has 1 saturated carbocycles. The summed E-state index contributed by atoms with van der Waals surface area (Å²) in [5, 5.41) is 9.19. The van der Waals surface area contributed by atoms with Gasteiger partial charge < -0.3 is 4.74 Å². The molecule has 1 aliphatic heterocycles. The zero-order valence-electron chi connectivity index (χ0n) is 12.6. The van der Waals surface area contributed by atoms with Gasteiger partial charge in [0.25, 0.3) is 10.1 Å². The van der Waals surface area contributed by atoms with Crippen LogP contribution in [0, 0.1) is 11.3 Å². The number of rotatable bonds is 5. The lowest BCUT2D eigenvalue weighted by atomic mass is 9.97. The van der Waals surface area contributed by atoms with Crippen molar-refractivity contribution in [2.45, 2.75) is 24.4 Å². The number of nitriles is 1. The summed E-state index contributed by atoms with van der Waals surface area (Å²) in [6.07, 6.45) is 1.49. The van der Waals surface area contributed by atoms with E-state index in [-0.39, 0.29) is 18.6 Å². The van der Waals surface area contributed by atoms with Crippen molar-refractivity contribution in [1.29, 1.82) is 5.26 Å². The molecule has 0 bridgehead atoms. The molecule has 1 aromatic rings. The number of carbonyl (C=O) groups is 1. The number of anilines is 1. The first-order valence-corrected chi connectivity index (χ1v) is 8.99. The highest BCUT2D eigenvalue weighted by atomic mass is 32.2. The van der Waals surface area contributed by atoms with Gasteiger partial charge in [-0.15, -0.1) is 0 Å². The Balaban J connectivity index is 1.68. The number of ether oxygens (including phenoxy) is 1. The van der Waals surface area contributed by atoms with Crippen LogP contribution in [0.2, 0.25) is 0 Å².